The smallest absolute Gasteiger partial charge is 0.123 e. The van der Waals surface area contributed by atoms with Gasteiger partial charge in [0.25, 0.3) is 0 Å². The molecule has 1 atom stereocenters. The van der Waals surface area contributed by atoms with E-state index in [1.54, 1.807) is 12.1 Å². The molecule has 0 fully saturated rings. The van der Waals surface area contributed by atoms with Crippen LogP contribution in [-0.2, 0) is 20.1 Å². The van der Waals surface area contributed by atoms with Crippen LogP contribution in [0.4, 0.5) is 4.39 Å². The maximum Gasteiger partial charge on any atom is 0.123 e. The van der Waals surface area contributed by atoms with Crippen molar-refractivity contribution in [2.24, 2.45) is 0 Å². The minimum atomic E-state index is -0.231. The zero-order valence-electron chi connectivity index (χ0n) is 27.4. The number of nitrogens with zero attached hydrogens (tertiary/aromatic N) is 2. The van der Waals surface area contributed by atoms with Crippen molar-refractivity contribution >= 4 is 21.9 Å². The molecule has 243 valence electrons. The fourth-order valence-corrected chi connectivity index (χ4v) is 5.89. The van der Waals surface area contributed by atoms with Gasteiger partial charge in [0.2, 0.25) is 0 Å². The molecule has 3 aromatic heterocycles. The predicted octanol–water partition coefficient (Wildman–Crippen LogP) is 11.6. The van der Waals surface area contributed by atoms with Gasteiger partial charge in [-0.3, -0.25) is 0 Å². The Morgan fingerprint density at radius 3 is 2.20 bits per heavy atom. The largest absolute Gasteiger partial charge is 0.501 e. The zero-order valence-corrected chi connectivity index (χ0v) is 29.8. The molecular formula is C44H33FIrN2O-2. The van der Waals surface area contributed by atoms with Crippen molar-refractivity contribution in [2.75, 3.05) is 0 Å². The van der Waals surface area contributed by atoms with Gasteiger partial charge in [0.05, 0.1) is 5.58 Å². The van der Waals surface area contributed by atoms with E-state index in [4.69, 9.17) is 4.42 Å². The number of aromatic nitrogens is 2. The summed E-state index contributed by atoms with van der Waals surface area (Å²) in [4.78, 5) is 9.04. The topological polar surface area (TPSA) is 38.9 Å². The Morgan fingerprint density at radius 1 is 0.653 bits per heavy atom. The summed E-state index contributed by atoms with van der Waals surface area (Å²) in [6, 6.07) is 48.0. The Morgan fingerprint density at radius 2 is 1.43 bits per heavy atom. The third-order valence-corrected chi connectivity index (χ3v) is 8.59. The molecular weight excluding hydrogens is 784 g/mol. The molecule has 0 saturated carbocycles. The molecule has 1 unspecified atom stereocenters. The van der Waals surface area contributed by atoms with Crippen LogP contribution in [0.15, 0.2) is 144 Å². The second-order valence-corrected chi connectivity index (χ2v) is 12.0. The zero-order chi connectivity index (χ0) is 33.0. The van der Waals surface area contributed by atoms with Gasteiger partial charge in [-0.15, -0.1) is 53.6 Å². The molecule has 3 nitrogen and oxygen atoms in total. The van der Waals surface area contributed by atoms with E-state index in [9.17, 15) is 4.39 Å². The summed E-state index contributed by atoms with van der Waals surface area (Å²) in [6.07, 6.45) is 3.72. The number of halogens is 1. The molecule has 5 heteroatoms. The van der Waals surface area contributed by atoms with Crippen molar-refractivity contribution in [3.63, 3.8) is 0 Å². The van der Waals surface area contributed by atoms with Crippen molar-refractivity contribution in [3.8, 4) is 33.6 Å². The fourth-order valence-electron chi connectivity index (χ4n) is 5.89. The van der Waals surface area contributed by atoms with Crippen LogP contribution in [0.1, 0.15) is 35.1 Å². The van der Waals surface area contributed by atoms with Gasteiger partial charge in [-0.25, -0.2) is 4.39 Å². The first-order valence-electron chi connectivity index (χ1n) is 16.0. The number of pyridine rings is 2. The van der Waals surface area contributed by atoms with Gasteiger partial charge >= 0.3 is 0 Å². The molecule has 0 aliphatic carbocycles. The maximum atomic E-state index is 13.2. The molecule has 0 aliphatic rings. The molecule has 0 amide bonds. The van der Waals surface area contributed by atoms with Gasteiger partial charge < -0.3 is 14.4 Å². The van der Waals surface area contributed by atoms with E-state index in [2.05, 4.69) is 96.6 Å². The summed E-state index contributed by atoms with van der Waals surface area (Å²) >= 11 is 0. The summed E-state index contributed by atoms with van der Waals surface area (Å²) in [5.74, 6) is 0.0546. The van der Waals surface area contributed by atoms with Crippen molar-refractivity contribution in [1.29, 1.82) is 0 Å². The van der Waals surface area contributed by atoms with Gasteiger partial charge in [0.15, 0.2) is 0 Å². The summed E-state index contributed by atoms with van der Waals surface area (Å²) in [6.45, 7) is 6.30. The van der Waals surface area contributed by atoms with Crippen LogP contribution in [0.5, 0.6) is 0 Å². The van der Waals surface area contributed by atoms with Gasteiger partial charge in [-0.05, 0) is 77.3 Å². The minimum Gasteiger partial charge on any atom is -0.501 e. The number of hydrogen-bond donors (Lipinski definition) is 0. The predicted molar refractivity (Wildman–Crippen MR) is 193 cm³/mol. The Hall–Kier alpha value is -5.22. The van der Waals surface area contributed by atoms with Crippen LogP contribution >= 0.6 is 0 Å². The van der Waals surface area contributed by atoms with E-state index >= 15 is 0 Å². The first-order chi connectivity index (χ1) is 23.4. The SMILES string of the molecule is CC(c1ccccc1)c1ccnc(-c2[c-]ccc(-c3ccc(F)cc3)c2)c1.Cc1ccc(-c2[c-]ccc3c2oc2cc(C)ccc23)nc1.[Ir]. The van der Waals surface area contributed by atoms with Crippen LogP contribution in [0.2, 0.25) is 0 Å². The van der Waals surface area contributed by atoms with Gasteiger partial charge in [0.1, 0.15) is 11.4 Å². The monoisotopic (exact) mass is 817 g/mol. The molecule has 8 rings (SSSR count). The van der Waals surface area contributed by atoms with Crippen molar-refractivity contribution in [1.82, 2.24) is 9.97 Å². The van der Waals surface area contributed by atoms with E-state index in [-0.39, 0.29) is 31.8 Å². The number of fused-ring (bicyclic) bond motifs is 3. The average molecular weight is 817 g/mol. The Bertz CT molecular complexity index is 2330. The summed E-state index contributed by atoms with van der Waals surface area (Å²) in [7, 11) is 0. The van der Waals surface area contributed by atoms with Gasteiger partial charge in [-0.1, -0.05) is 90.7 Å². The van der Waals surface area contributed by atoms with E-state index in [0.717, 1.165) is 61.1 Å². The Balaban J connectivity index is 0.000000171. The number of aryl methyl sites for hydroxylation is 2. The number of benzene rings is 5. The maximum absolute atomic E-state index is 13.2. The van der Waals surface area contributed by atoms with Crippen molar-refractivity contribution in [2.45, 2.75) is 26.7 Å². The fraction of sp³-hybridized carbons (Fsp3) is 0.0909. The third-order valence-electron chi connectivity index (χ3n) is 8.59. The standard InChI is InChI=1S/C25H19FN.C19H14NO.Ir/c1-18(19-6-3-2-4-7-19)21-14-15-27-25(17-21)23-9-5-8-22(16-23)20-10-12-24(26)13-11-20;1-12-6-8-14-15-4-3-5-16(19(15)21-18(14)10-12)17-9-7-13(2)11-20-17;/h2-8,10-18H,1H3;3-4,6-11H,1-2H3;/q2*-1;. The third kappa shape index (κ3) is 7.44. The van der Waals surface area contributed by atoms with E-state index in [0.29, 0.717) is 0 Å². The van der Waals surface area contributed by atoms with Gasteiger partial charge in [-0.2, -0.15) is 0 Å². The van der Waals surface area contributed by atoms with Crippen LogP contribution in [0.3, 0.4) is 0 Å². The Kier molecular flexibility index (Phi) is 10.2. The molecule has 0 saturated heterocycles. The molecule has 8 aromatic rings. The summed E-state index contributed by atoms with van der Waals surface area (Å²) in [5, 5.41) is 2.25. The molecule has 0 aliphatic heterocycles. The first kappa shape index (κ1) is 33.7. The Labute approximate surface area is 299 Å². The molecule has 0 bridgehead atoms. The summed E-state index contributed by atoms with van der Waals surface area (Å²) in [5.41, 5.74) is 12.2. The normalized spacial score (nSPS) is 11.4. The number of hydrogen-bond acceptors (Lipinski definition) is 3. The van der Waals surface area contributed by atoms with E-state index in [1.807, 2.05) is 61.8 Å². The quantitative estimate of drug-likeness (QED) is 0.162. The minimum absolute atomic E-state index is 0. The molecule has 0 spiro atoms. The van der Waals surface area contributed by atoms with Crippen molar-refractivity contribution in [3.05, 3.63) is 180 Å². The molecule has 0 N–H and O–H groups in total. The van der Waals surface area contributed by atoms with Crippen LogP contribution in [-0.4, -0.2) is 9.97 Å². The second kappa shape index (κ2) is 14.9. The number of rotatable bonds is 5. The second-order valence-electron chi connectivity index (χ2n) is 12.0. The van der Waals surface area contributed by atoms with Crippen LogP contribution in [0.25, 0.3) is 55.6 Å². The average Bonchev–Trinajstić information content (AvgIpc) is 3.50. The van der Waals surface area contributed by atoms with Crippen LogP contribution in [0, 0.1) is 31.8 Å². The van der Waals surface area contributed by atoms with Crippen LogP contribution < -0.4 is 0 Å². The molecule has 5 aromatic carbocycles. The number of furan rings is 1. The molecule has 49 heavy (non-hydrogen) atoms. The van der Waals surface area contributed by atoms with Gasteiger partial charge in [0, 0.05) is 43.8 Å². The first-order valence-corrected chi connectivity index (χ1v) is 16.0. The molecule has 1 radical (unpaired) electrons. The van der Waals surface area contributed by atoms with E-state index < -0.39 is 0 Å². The van der Waals surface area contributed by atoms with Crippen molar-refractivity contribution < 1.29 is 28.9 Å². The van der Waals surface area contributed by atoms with E-state index in [1.165, 1.54) is 28.8 Å². The summed E-state index contributed by atoms with van der Waals surface area (Å²) < 4.78 is 19.3. The molecule has 3 heterocycles.